The van der Waals surface area contributed by atoms with Gasteiger partial charge >= 0.3 is 5.69 Å². The maximum Gasteiger partial charge on any atom is 0.313 e. The molecule has 0 aliphatic rings. The van der Waals surface area contributed by atoms with E-state index in [2.05, 4.69) is 4.98 Å². The van der Waals surface area contributed by atoms with Gasteiger partial charge in [-0.25, -0.2) is 4.98 Å². The molecular weight excluding hydrogens is 303 g/mol. The van der Waals surface area contributed by atoms with E-state index in [1.54, 1.807) is 19.2 Å². The molecule has 0 aliphatic carbocycles. The van der Waals surface area contributed by atoms with Gasteiger partial charge in [-0.05, 0) is 24.6 Å². The van der Waals surface area contributed by atoms with Crippen LogP contribution >= 0.6 is 23.2 Å². The third-order valence-corrected chi connectivity index (χ3v) is 3.19. The number of nitro benzene ring substituents is 1. The van der Waals surface area contributed by atoms with E-state index in [9.17, 15) is 10.1 Å². The van der Waals surface area contributed by atoms with Gasteiger partial charge in [0.05, 0.1) is 9.95 Å². The average molecular weight is 313 g/mol. The van der Waals surface area contributed by atoms with Gasteiger partial charge in [0.2, 0.25) is 11.6 Å². The first-order valence-corrected chi connectivity index (χ1v) is 6.56. The highest BCUT2D eigenvalue weighted by Crippen LogP contribution is 2.38. The van der Waals surface area contributed by atoms with E-state index in [0.717, 1.165) is 11.1 Å². The van der Waals surface area contributed by atoms with E-state index < -0.39 is 4.92 Å². The molecule has 5 nitrogen and oxygen atoms in total. The summed E-state index contributed by atoms with van der Waals surface area (Å²) in [5.74, 6) is 0.573. The largest absolute Gasteiger partial charge is 0.430 e. The number of benzene rings is 1. The minimum atomic E-state index is -0.552. The molecule has 0 N–H and O–H groups in total. The Bertz CT molecular complexity index is 662. The average Bonchev–Trinajstić information content (AvgIpc) is 2.42. The molecular formula is C13H10Cl2N2O3. The van der Waals surface area contributed by atoms with Gasteiger partial charge in [0.1, 0.15) is 0 Å². The van der Waals surface area contributed by atoms with Gasteiger partial charge in [0, 0.05) is 23.7 Å². The van der Waals surface area contributed by atoms with Crippen LogP contribution in [0.4, 0.5) is 5.69 Å². The number of hydrogen-bond donors (Lipinski definition) is 0. The minimum absolute atomic E-state index is 0.0200. The number of alkyl halides is 1. The van der Waals surface area contributed by atoms with Gasteiger partial charge in [-0.15, -0.1) is 11.6 Å². The summed E-state index contributed by atoms with van der Waals surface area (Å²) >= 11 is 11.7. The lowest BCUT2D eigenvalue weighted by Crippen LogP contribution is -1.97. The molecule has 0 fully saturated rings. The van der Waals surface area contributed by atoms with Crippen LogP contribution < -0.4 is 4.74 Å². The summed E-state index contributed by atoms with van der Waals surface area (Å²) in [5, 5.41) is 11.1. The normalized spacial score (nSPS) is 10.3. The summed E-state index contributed by atoms with van der Waals surface area (Å²) in [5.41, 5.74) is 1.35. The van der Waals surface area contributed by atoms with Crippen LogP contribution in [0.15, 0.2) is 30.5 Å². The molecule has 0 atom stereocenters. The van der Waals surface area contributed by atoms with Crippen molar-refractivity contribution in [1.29, 1.82) is 0 Å². The summed E-state index contributed by atoms with van der Waals surface area (Å²) in [6.45, 7) is 1.78. The maximum atomic E-state index is 11.0. The predicted octanol–water partition coefficient (Wildman–Crippen LogP) is 4.48. The van der Waals surface area contributed by atoms with Crippen LogP contribution in [0.3, 0.4) is 0 Å². The molecule has 0 saturated carbocycles. The number of aromatic nitrogens is 1. The van der Waals surface area contributed by atoms with E-state index in [1.807, 2.05) is 0 Å². The number of para-hydroxylation sites is 1. The topological polar surface area (TPSA) is 65.3 Å². The summed E-state index contributed by atoms with van der Waals surface area (Å²) in [4.78, 5) is 14.5. The fraction of sp³-hybridized carbons (Fsp3) is 0.154. The van der Waals surface area contributed by atoms with Gasteiger partial charge in [-0.1, -0.05) is 17.7 Å². The number of pyridine rings is 1. The van der Waals surface area contributed by atoms with Crippen molar-refractivity contribution in [1.82, 2.24) is 4.98 Å². The van der Waals surface area contributed by atoms with Crippen molar-refractivity contribution in [3.05, 3.63) is 56.7 Å². The van der Waals surface area contributed by atoms with E-state index >= 15 is 0 Å². The predicted molar refractivity (Wildman–Crippen MR) is 76.7 cm³/mol. The lowest BCUT2D eigenvalue weighted by molar-refractivity contribution is -0.385. The monoisotopic (exact) mass is 312 g/mol. The molecule has 0 unspecified atom stereocenters. The van der Waals surface area contributed by atoms with Crippen molar-refractivity contribution in [2.45, 2.75) is 12.8 Å². The molecule has 104 valence electrons. The van der Waals surface area contributed by atoms with Crippen molar-refractivity contribution in [2.24, 2.45) is 0 Å². The lowest BCUT2D eigenvalue weighted by Gasteiger charge is -2.09. The number of hydrogen-bond acceptors (Lipinski definition) is 4. The Balaban J connectivity index is 2.42. The summed E-state index contributed by atoms with van der Waals surface area (Å²) in [6.07, 6.45) is 1.55. The van der Waals surface area contributed by atoms with E-state index in [4.69, 9.17) is 27.9 Å². The van der Waals surface area contributed by atoms with Crippen LogP contribution in [0.2, 0.25) is 5.02 Å². The molecule has 0 radical (unpaired) electrons. The first-order chi connectivity index (χ1) is 9.52. The summed E-state index contributed by atoms with van der Waals surface area (Å²) in [6, 6.07) is 6.14. The molecule has 0 bridgehead atoms. The molecule has 0 spiro atoms. The van der Waals surface area contributed by atoms with Crippen LogP contribution in [0.1, 0.15) is 11.1 Å². The number of nitrogens with zero attached hydrogens (tertiary/aromatic N) is 2. The molecule has 0 saturated heterocycles. The molecule has 1 aromatic carbocycles. The van der Waals surface area contributed by atoms with Crippen molar-refractivity contribution in [2.75, 3.05) is 0 Å². The number of aryl methyl sites for hydroxylation is 1. The van der Waals surface area contributed by atoms with Crippen molar-refractivity contribution in [3.8, 4) is 11.6 Å². The smallest absolute Gasteiger partial charge is 0.313 e. The Morgan fingerprint density at radius 1 is 1.45 bits per heavy atom. The second-order valence-corrected chi connectivity index (χ2v) is 4.72. The van der Waals surface area contributed by atoms with Crippen LogP contribution in [-0.4, -0.2) is 9.91 Å². The molecule has 7 heteroatoms. The minimum Gasteiger partial charge on any atom is -0.430 e. The van der Waals surface area contributed by atoms with Crippen molar-refractivity contribution in [3.63, 3.8) is 0 Å². The van der Waals surface area contributed by atoms with Gasteiger partial charge in [0.25, 0.3) is 0 Å². The molecule has 20 heavy (non-hydrogen) atoms. The van der Waals surface area contributed by atoms with Gasteiger partial charge in [-0.2, -0.15) is 0 Å². The van der Waals surface area contributed by atoms with E-state index in [1.165, 1.54) is 18.2 Å². The fourth-order valence-electron chi connectivity index (χ4n) is 1.64. The van der Waals surface area contributed by atoms with Crippen LogP contribution in [0.25, 0.3) is 0 Å². The number of nitro groups is 1. The standard InChI is InChI=1S/C13H10Cl2N2O3/c1-8-5-9(6-14)7-16-13(8)20-12-10(15)3-2-4-11(12)17(18)19/h2-5,7H,6H2,1H3. The SMILES string of the molecule is Cc1cc(CCl)cnc1Oc1c(Cl)cccc1[N+](=O)[O-]. The molecule has 2 aromatic rings. The highest BCUT2D eigenvalue weighted by molar-refractivity contribution is 6.32. The Hall–Kier alpha value is -1.85. The number of ether oxygens (including phenoxy) is 1. The Morgan fingerprint density at radius 2 is 2.20 bits per heavy atom. The molecule has 2 rings (SSSR count). The first kappa shape index (κ1) is 14.6. The Kier molecular flexibility index (Phi) is 4.42. The van der Waals surface area contributed by atoms with Crippen molar-refractivity contribution < 1.29 is 9.66 Å². The number of rotatable bonds is 4. The summed E-state index contributed by atoms with van der Waals surface area (Å²) < 4.78 is 5.50. The maximum absolute atomic E-state index is 11.0. The fourth-order valence-corrected chi connectivity index (χ4v) is 1.99. The van der Waals surface area contributed by atoms with Crippen molar-refractivity contribution >= 4 is 28.9 Å². The molecule has 1 aromatic heterocycles. The van der Waals surface area contributed by atoms with E-state index in [0.29, 0.717) is 5.88 Å². The van der Waals surface area contributed by atoms with Crippen LogP contribution in [0.5, 0.6) is 11.6 Å². The highest BCUT2D eigenvalue weighted by atomic mass is 35.5. The molecule has 0 aliphatic heterocycles. The number of halogens is 2. The highest BCUT2D eigenvalue weighted by Gasteiger charge is 2.20. The zero-order valence-corrected chi connectivity index (χ0v) is 12.0. The summed E-state index contributed by atoms with van der Waals surface area (Å²) in [7, 11) is 0. The van der Waals surface area contributed by atoms with Gasteiger partial charge in [-0.3, -0.25) is 10.1 Å². The zero-order chi connectivity index (χ0) is 14.7. The van der Waals surface area contributed by atoms with Crippen LogP contribution in [-0.2, 0) is 5.88 Å². The molecule has 0 amide bonds. The molecule has 1 heterocycles. The second-order valence-electron chi connectivity index (χ2n) is 4.05. The van der Waals surface area contributed by atoms with Gasteiger partial charge in [0.15, 0.2) is 0 Å². The zero-order valence-electron chi connectivity index (χ0n) is 10.5. The Morgan fingerprint density at radius 3 is 2.80 bits per heavy atom. The third-order valence-electron chi connectivity index (χ3n) is 2.58. The lowest BCUT2D eigenvalue weighted by atomic mass is 10.2. The van der Waals surface area contributed by atoms with E-state index in [-0.39, 0.29) is 22.3 Å². The quantitative estimate of drug-likeness (QED) is 0.474. The third kappa shape index (κ3) is 3.00. The first-order valence-electron chi connectivity index (χ1n) is 5.65. The van der Waals surface area contributed by atoms with Crippen LogP contribution in [0, 0.1) is 17.0 Å². The second kappa shape index (κ2) is 6.07. The van der Waals surface area contributed by atoms with Gasteiger partial charge < -0.3 is 4.74 Å². The Labute approximate surface area is 125 Å².